The van der Waals surface area contributed by atoms with Gasteiger partial charge in [0.15, 0.2) is 4.99 Å². The molecule has 0 aliphatic carbocycles. The van der Waals surface area contributed by atoms with Crippen molar-refractivity contribution in [2.45, 2.75) is 0 Å². The summed E-state index contributed by atoms with van der Waals surface area (Å²) in [6.45, 7) is 0. The van der Waals surface area contributed by atoms with Gasteiger partial charge >= 0.3 is 0 Å². The Bertz CT molecular complexity index is 354. The van der Waals surface area contributed by atoms with Crippen LogP contribution >= 0.6 is 28.1 Å². The first-order chi connectivity index (χ1) is 6.09. The molecule has 1 aromatic rings. The number of nitrogens with one attached hydrogen (secondary N) is 1. The lowest BCUT2D eigenvalue weighted by atomic mass is 10.3. The average Bonchev–Trinajstić information content (AvgIpc) is 2.04. The van der Waals surface area contributed by atoms with E-state index in [1.807, 2.05) is 12.1 Å². The summed E-state index contributed by atoms with van der Waals surface area (Å²) in [5.74, 6) is -0.630. The largest absolute Gasteiger partial charge is 0.364 e. The van der Waals surface area contributed by atoms with E-state index in [1.165, 1.54) is 0 Å². The zero-order valence-electron chi connectivity index (χ0n) is 6.58. The number of carbonyl (C=O) groups excluding carboxylic acids is 1. The normalized spacial score (nSPS) is 9.31. The second-order valence-corrected chi connectivity index (χ2v) is 3.65. The third kappa shape index (κ3) is 3.12. The summed E-state index contributed by atoms with van der Waals surface area (Å²) < 4.78 is 0.907. The highest BCUT2D eigenvalue weighted by atomic mass is 79.9. The molecule has 0 atom stereocenters. The second kappa shape index (κ2) is 4.34. The number of rotatable bonds is 1. The van der Waals surface area contributed by atoms with E-state index < -0.39 is 5.91 Å². The smallest absolute Gasteiger partial charge is 0.276 e. The molecule has 0 spiro atoms. The highest BCUT2D eigenvalue weighted by Crippen LogP contribution is 2.15. The van der Waals surface area contributed by atoms with Crippen molar-refractivity contribution >= 4 is 44.7 Å². The van der Waals surface area contributed by atoms with Crippen LogP contribution in [0.2, 0.25) is 0 Å². The predicted octanol–water partition coefficient (Wildman–Crippen LogP) is 1.67. The van der Waals surface area contributed by atoms with Gasteiger partial charge in [-0.3, -0.25) is 4.79 Å². The van der Waals surface area contributed by atoms with Crippen LogP contribution in [0.1, 0.15) is 0 Å². The maximum atomic E-state index is 10.6. The van der Waals surface area contributed by atoms with E-state index in [0.717, 1.165) is 10.2 Å². The van der Waals surface area contributed by atoms with Crippen molar-refractivity contribution in [1.82, 2.24) is 0 Å². The zero-order valence-corrected chi connectivity index (χ0v) is 8.98. The first kappa shape index (κ1) is 10.1. The molecule has 0 aliphatic heterocycles. The number of anilines is 1. The van der Waals surface area contributed by atoms with Crippen molar-refractivity contribution in [2.75, 3.05) is 5.32 Å². The maximum absolute atomic E-state index is 10.6. The van der Waals surface area contributed by atoms with Crippen LogP contribution in [-0.4, -0.2) is 10.9 Å². The third-order valence-electron chi connectivity index (χ3n) is 1.31. The molecule has 68 valence electrons. The van der Waals surface area contributed by atoms with Gasteiger partial charge in [-0.2, -0.15) is 0 Å². The summed E-state index contributed by atoms with van der Waals surface area (Å²) in [7, 11) is 0. The third-order valence-corrected chi connectivity index (χ3v) is 2.10. The Morgan fingerprint density at radius 1 is 1.54 bits per heavy atom. The number of benzene rings is 1. The van der Waals surface area contributed by atoms with Crippen LogP contribution in [0.4, 0.5) is 5.69 Å². The number of nitrogens with two attached hydrogens (primary N) is 1. The fourth-order valence-corrected chi connectivity index (χ4v) is 1.28. The minimum Gasteiger partial charge on any atom is -0.364 e. The van der Waals surface area contributed by atoms with Crippen LogP contribution in [-0.2, 0) is 4.79 Å². The van der Waals surface area contributed by atoms with Gasteiger partial charge in [0.25, 0.3) is 5.91 Å². The van der Waals surface area contributed by atoms with Gasteiger partial charge in [-0.25, -0.2) is 0 Å². The molecule has 0 saturated carbocycles. The summed E-state index contributed by atoms with van der Waals surface area (Å²) in [5, 5.41) is 2.71. The Kier molecular flexibility index (Phi) is 3.39. The molecule has 0 bridgehead atoms. The number of primary amides is 1. The Labute approximate surface area is 89.4 Å². The van der Waals surface area contributed by atoms with E-state index in [-0.39, 0.29) is 4.99 Å². The number of carbonyl (C=O) groups is 1. The molecule has 0 unspecified atom stereocenters. The molecule has 3 nitrogen and oxygen atoms in total. The minimum absolute atomic E-state index is 0.0121. The van der Waals surface area contributed by atoms with E-state index in [9.17, 15) is 4.79 Å². The lowest BCUT2D eigenvalue weighted by Crippen LogP contribution is -2.27. The highest BCUT2D eigenvalue weighted by Gasteiger charge is 2.03. The number of halogens is 1. The lowest BCUT2D eigenvalue weighted by molar-refractivity contribution is -0.111. The molecule has 0 saturated heterocycles. The van der Waals surface area contributed by atoms with Crippen molar-refractivity contribution in [2.24, 2.45) is 5.73 Å². The first-order valence-corrected chi connectivity index (χ1v) is 4.66. The maximum Gasteiger partial charge on any atom is 0.276 e. The van der Waals surface area contributed by atoms with Crippen molar-refractivity contribution in [3.8, 4) is 0 Å². The zero-order chi connectivity index (χ0) is 9.84. The van der Waals surface area contributed by atoms with Gasteiger partial charge in [-0.1, -0.05) is 34.2 Å². The molecule has 1 rings (SSSR count). The summed E-state index contributed by atoms with van der Waals surface area (Å²) in [6.07, 6.45) is 0. The van der Waals surface area contributed by atoms with Crippen LogP contribution in [0.3, 0.4) is 0 Å². The van der Waals surface area contributed by atoms with Gasteiger partial charge in [0.1, 0.15) is 0 Å². The summed E-state index contributed by atoms with van der Waals surface area (Å²) in [6, 6.07) is 7.30. The minimum atomic E-state index is -0.630. The molecule has 0 heterocycles. The van der Waals surface area contributed by atoms with Crippen LogP contribution in [0.25, 0.3) is 0 Å². The van der Waals surface area contributed by atoms with E-state index >= 15 is 0 Å². The molecule has 0 radical (unpaired) electrons. The molecule has 0 aliphatic rings. The molecule has 5 heteroatoms. The molecule has 0 aromatic heterocycles. The molecule has 1 aromatic carbocycles. The summed E-state index contributed by atoms with van der Waals surface area (Å²) in [4.78, 5) is 10.6. The number of hydrogen-bond donors (Lipinski definition) is 2. The fraction of sp³-hybridized carbons (Fsp3) is 0. The van der Waals surface area contributed by atoms with Crippen LogP contribution < -0.4 is 11.1 Å². The van der Waals surface area contributed by atoms with E-state index in [1.54, 1.807) is 12.1 Å². The average molecular weight is 259 g/mol. The van der Waals surface area contributed by atoms with Crippen LogP contribution in [0.5, 0.6) is 0 Å². The monoisotopic (exact) mass is 258 g/mol. The van der Waals surface area contributed by atoms with Gasteiger partial charge in [-0.05, 0) is 18.2 Å². The number of amides is 1. The first-order valence-electron chi connectivity index (χ1n) is 3.46. The Morgan fingerprint density at radius 3 is 2.77 bits per heavy atom. The molecule has 3 N–H and O–H groups in total. The topological polar surface area (TPSA) is 55.1 Å². The van der Waals surface area contributed by atoms with Gasteiger partial charge < -0.3 is 11.1 Å². The molecular weight excluding hydrogens is 252 g/mol. The van der Waals surface area contributed by atoms with Crippen molar-refractivity contribution in [3.05, 3.63) is 28.7 Å². The predicted molar refractivity (Wildman–Crippen MR) is 59.6 cm³/mol. The van der Waals surface area contributed by atoms with Crippen molar-refractivity contribution in [1.29, 1.82) is 0 Å². The van der Waals surface area contributed by atoms with E-state index in [0.29, 0.717) is 0 Å². The highest BCUT2D eigenvalue weighted by molar-refractivity contribution is 9.10. The van der Waals surface area contributed by atoms with Gasteiger partial charge in [0, 0.05) is 10.2 Å². The van der Waals surface area contributed by atoms with Gasteiger partial charge in [0.2, 0.25) is 0 Å². The van der Waals surface area contributed by atoms with E-state index in [2.05, 4.69) is 21.2 Å². The standard InChI is InChI=1S/C8H7BrN2OS/c9-5-2-1-3-6(4-5)11-8(13)7(10)12/h1-4H,(H2,10,12)(H,11,13). The summed E-state index contributed by atoms with van der Waals surface area (Å²) in [5.41, 5.74) is 5.70. The fourth-order valence-electron chi connectivity index (χ4n) is 0.759. The van der Waals surface area contributed by atoms with Crippen molar-refractivity contribution in [3.63, 3.8) is 0 Å². The van der Waals surface area contributed by atoms with Crippen molar-refractivity contribution < 1.29 is 4.79 Å². The Hall–Kier alpha value is -0.940. The number of thiocarbonyl (C=S) groups is 1. The van der Waals surface area contributed by atoms with Crippen LogP contribution in [0, 0.1) is 0 Å². The number of hydrogen-bond acceptors (Lipinski definition) is 2. The Morgan fingerprint density at radius 2 is 2.23 bits per heavy atom. The van der Waals surface area contributed by atoms with Gasteiger partial charge in [0.05, 0.1) is 0 Å². The molecule has 0 fully saturated rings. The summed E-state index contributed by atoms with van der Waals surface area (Å²) >= 11 is 7.99. The van der Waals surface area contributed by atoms with Crippen LogP contribution in [0.15, 0.2) is 28.7 Å². The quantitative estimate of drug-likeness (QED) is 0.754. The van der Waals surface area contributed by atoms with Gasteiger partial charge in [-0.15, -0.1) is 0 Å². The molecule has 13 heavy (non-hydrogen) atoms. The van der Waals surface area contributed by atoms with E-state index in [4.69, 9.17) is 18.0 Å². The second-order valence-electron chi connectivity index (χ2n) is 2.33. The molecular formula is C8H7BrN2OS. The Balaban J connectivity index is 2.75. The molecule has 1 amide bonds. The SMILES string of the molecule is NC(=O)C(=S)Nc1cccc(Br)c1. The lowest BCUT2D eigenvalue weighted by Gasteiger charge is -2.04.